The molecule has 0 fully saturated rings. The number of carbonyl (C=O) groups is 1. The molecule has 5 nitrogen and oxygen atoms in total. The highest BCUT2D eigenvalue weighted by Gasteiger charge is 2.45. The van der Waals surface area contributed by atoms with Crippen LogP contribution in [0, 0.1) is 23.3 Å². The molecule has 4 rings (SSSR count). The second kappa shape index (κ2) is 16.4. The third-order valence-corrected chi connectivity index (χ3v) is 7.21. The van der Waals surface area contributed by atoms with Crippen molar-refractivity contribution < 1.29 is 53.4 Å². The van der Waals surface area contributed by atoms with Crippen molar-refractivity contribution >= 4 is 11.7 Å². The quantitative estimate of drug-likeness (QED) is 0.107. The minimum absolute atomic E-state index is 0.0158. The van der Waals surface area contributed by atoms with Gasteiger partial charge in [0.2, 0.25) is 0 Å². The second-order valence-electron chi connectivity index (χ2n) is 11.1. The van der Waals surface area contributed by atoms with Crippen LogP contribution in [0.1, 0.15) is 35.7 Å². The Morgan fingerprint density at radius 1 is 0.902 bits per heavy atom. The SMILES string of the molecule is C\C(F)=C/C=C(\C=C\F)CC(NC(=O)Nc1cccc(F)c1)(c1cc(F)cc(OC(F)(F)C(F)F)c1)c1ccc(Cc2ccc(F)c(F)c2)cn1. The Kier molecular flexibility index (Phi) is 12.3. The topological polar surface area (TPSA) is 63.2 Å². The van der Waals surface area contributed by atoms with Crippen molar-refractivity contribution in [1.29, 1.82) is 0 Å². The Balaban J connectivity index is 1.94. The molecule has 1 unspecified atom stereocenters. The summed E-state index contributed by atoms with van der Waals surface area (Å²) < 4.78 is 142. The molecular formula is C36H27F10N3O2. The van der Waals surface area contributed by atoms with E-state index in [-0.39, 0.29) is 29.7 Å². The van der Waals surface area contributed by atoms with Crippen LogP contribution in [-0.4, -0.2) is 23.5 Å². The van der Waals surface area contributed by atoms with Crippen molar-refractivity contribution in [2.24, 2.45) is 0 Å². The smallest absolute Gasteiger partial charge is 0.428 e. The fraction of sp³-hybridized carbons (Fsp3) is 0.167. The zero-order valence-corrected chi connectivity index (χ0v) is 26.3. The van der Waals surface area contributed by atoms with Gasteiger partial charge in [-0.25, -0.2) is 31.1 Å². The molecule has 15 heteroatoms. The highest BCUT2D eigenvalue weighted by molar-refractivity contribution is 5.90. The molecule has 1 aromatic heterocycles. The van der Waals surface area contributed by atoms with Gasteiger partial charge >= 0.3 is 18.6 Å². The average Bonchev–Trinajstić information content (AvgIpc) is 3.05. The fourth-order valence-electron chi connectivity index (χ4n) is 4.96. The minimum atomic E-state index is -5.08. The molecule has 0 radical (unpaired) electrons. The number of halogens is 10. The van der Waals surface area contributed by atoms with Gasteiger partial charge in [0.15, 0.2) is 11.6 Å². The molecule has 4 aromatic rings. The van der Waals surface area contributed by atoms with Crippen LogP contribution in [0.15, 0.2) is 115 Å². The summed E-state index contributed by atoms with van der Waals surface area (Å²) in [4.78, 5) is 18.0. The van der Waals surface area contributed by atoms with Gasteiger partial charge in [-0.3, -0.25) is 4.98 Å². The van der Waals surface area contributed by atoms with Crippen LogP contribution in [-0.2, 0) is 12.0 Å². The first kappa shape index (κ1) is 38.2. The molecule has 51 heavy (non-hydrogen) atoms. The van der Waals surface area contributed by atoms with Crippen LogP contribution in [0.4, 0.5) is 54.4 Å². The molecule has 3 aromatic carbocycles. The molecule has 1 heterocycles. The standard InChI is InChI=1S/C36H27F10N3O2/c1-21(38)5-6-22(11-12-37)19-35(49-34(50)48-28-4-2-3-26(39)17-28,25-15-27(40)18-29(16-25)51-36(45,46)33(43)44)32-10-8-24(20-47-32)13-23-7-9-30(41)31(42)14-23/h2-12,14-18,20,33H,13,19H2,1H3,(H2,48,49,50)/b12-11+,21-5+,22-6+. The highest BCUT2D eigenvalue weighted by Crippen LogP contribution is 2.39. The lowest BCUT2D eigenvalue weighted by Gasteiger charge is -2.36. The number of anilines is 1. The number of allylic oxidation sites excluding steroid dienone is 4. The first-order chi connectivity index (χ1) is 24.1. The molecular weight excluding hydrogens is 696 g/mol. The molecule has 0 aliphatic heterocycles. The maximum Gasteiger partial charge on any atom is 0.461 e. The first-order valence-electron chi connectivity index (χ1n) is 14.8. The van der Waals surface area contributed by atoms with E-state index in [1.165, 1.54) is 36.5 Å². The molecule has 2 amide bonds. The normalized spacial score (nSPS) is 13.7. The first-order valence-corrected chi connectivity index (χ1v) is 14.8. The molecule has 0 spiro atoms. The van der Waals surface area contributed by atoms with Crippen LogP contribution in [0.3, 0.4) is 0 Å². The number of nitrogens with zero attached hydrogens (tertiary/aromatic N) is 1. The van der Waals surface area contributed by atoms with Gasteiger partial charge in [0.1, 0.15) is 22.9 Å². The fourth-order valence-corrected chi connectivity index (χ4v) is 4.96. The number of hydrogen-bond acceptors (Lipinski definition) is 3. The van der Waals surface area contributed by atoms with Crippen LogP contribution in [0.2, 0.25) is 0 Å². The van der Waals surface area contributed by atoms with Crippen molar-refractivity contribution in [2.45, 2.75) is 37.8 Å². The van der Waals surface area contributed by atoms with Crippen LogP contribution >= 0.6 is 0 Å². The van der Waals surface area contributed by atoms with Crippen LogP contribution < -0.4 is 15.4 Å². The van der Waals surface area contributed by atoms with E-state index >= 15 is 4.39 Å². The summed E-state index contributed by atoms with van der Waals surface area (Å²) in [6.07, 6.45) is -5.86. The van der Waals surface area contributed by atoms with Gasteiger partial charge in [-0.1, -0.05) is 24.3 Å². The van der Waals surface area contributed by atoms with Gasteiger partial charge in [0.25, 0.3) is 0 Å². The Labute approximate surface area is 285 Å². The Hall–Kier alpha value is -5.60. The third-order valence-electron chi connectivity index (χ3n) is 7.21. The summed E-state index contributed by atoms with van der Waals surface area (Å²) in [6, 6.07) is 11.2. The number of alkyl halides is 4. The Morgan fingerprint density at radius 2 is 1.65 bits per heavy atom. The summed E-state index contributed by atoms with van der Waals surface area (Å²) in [6.45, 7) is 1.07. The highest BCUT2D eigenvalue weighted by atomic mass is 19.3. The van der Waals surface area contributed by atoms with Crippen molar-refractivity contribution in [3.8, 4) is 5.75 Å². The number of ether oxygens (including phenoxy) is 1. The van der Waals surface area contributed by atoms with Gasteiger partial charge in [-0.2, -0.15) is 17.6 Å². The third kappa shape index (κ3) is 10.2. The molecule has 268 valence electrons. The molecule has 0 saturated heterocycles. The predicted octanol–water partition coefficient (Wildman–Crippen LogP) is 10.2. The molecule has 0 aliphatic rings. The van der Waals surface area contributed by atoms with Crippen LogP contribution in [0.25, 0.3) is 0 Å². The van der Waals surface area contributed by atoms with Crippen molar-refractivity contribution in [3.05, 3.63) is 161 Å². The number of pyridine rings is 1. The van der Waals surface area contributed by atoms with E-state index in [1.54, 1.807) is 0 Å². The van der Waals surface area contributed by atoms with Gasteiger partial charge in [0, 0.05) is 24.4 Å². The Bertz CT molecular complexity index is 1940. The zero-order valence-electron chi connectivity index (χ0n) is 26.3. The molecule has 0 aliphatic carbocycles. The van der Waals surface area contributed by atoms with E-state index in [2.05, 4.69) is 20.4 Å². The number of urea groups is 1. The minimum Gasteiger partial charge on any atom is -0.428 e. The Morgan fingerprint density at radius 3 is 2.27 bits per heavy atom. The number of nitrogens with one attached hydrogen (secondary N) is 2. The molecule has 2 N–H and O–H groups in total. The largest absolute Gasteiger partial charge is 0.461 e. The number of rotatable bonds is 13. The monoisotopic (exact) mass is 723 g/mol. The van der Waals surface area contributed by atoms with E-state index in [1.807, 2.05) is 0 Å². The van der Waals surface area contributed by atoms with E-state index in [4.69, 9.17) is 0 Å². The van der Waals surface area contributed by atoms with E-state index < -0.39 is 70.9 Å². The summed E-state index contributed by atoms with van der Waals surface area (Å²) in [5.74, 6) is -6.07. The summed E-state index contributed by atoms with van der Waals surface area (Å²) >= 11 is 0. The number of hydrogen-bond donors (Lipinski definition) is 2. The summed E-state index contributed by atoms with van der Waals surface area (Å²) in [5.41, 5.74) is -2.32. The number of aromatic nitrogens is 1. The lowest BCUT2D eigenvalue weighted by atomic mass is 9.79. The van der Waals surface area contributed by atoms with Crippen molar-refractivity contribution in [3.63, 3.8) is 0 Å². The van der Waals surface area contributed by atoms with E-state index in [0.29, 0.717) is 23.3 Å². The van der Waals surface area contributed by atoms with Crippen LogP contribution in [0.5, 0.6) is 5.75 Å². The lowest BCUT2D eigenvalue weighted by molar-refractivity contribution is -0.253. The maximum absolute atomic E-state index is 15.2. The number of benzene rings is 3. The second-order valence-corrected chi connectivity index (χ2v) is 11.1. The van der Waals surface area contributed by atoms with Crippen molar-refractivity contribution in [1.82, 2.24) is 10.3 Å². The van der Waals surface area contributed by atoms with Gasteiger partial charge in [-0.15, -0.1) is 0 Å². The summed E-state index contributed by atoms with van der Waals surface area (Å²) in [5, 5.41) is 4.89. The zero-order chi connectivity index (χ0) is 37.3. The van der Waals surface area contributed by atoms with Gasteiger partial charge in [-0.05, 0) is 96.3 Å². The maximum atomic E-state index is 15.2. The lowest BCUT2D eigenvalue weighted by Crippen LogP contribution is -2.49. The van der Waals surface area contributed by atoms with Gasteiger partial charge in [0.05, 0.1) is 17.9 Å². The molecule has 0 saturated carbocycles. The van der Waals surface area contributed by atoms with Crippen molar-refractivity contribution in [2.75, 3.05) is 5.32 Å². The molecule has 0 bridgehead atoms. The number of amides is 2. The van der Waals surface area contributed by atoms with E-state index in [0.717, 1.165) is 55.5 Å². The van der Waals surface area contributed by atoms with Gasteiger partial charge < -0.3 is 15.4 Å². The predicted molar refractivity (Wildman–Crippen MR) is 169 cm³/mol. The number of carbonyl (C=O) groups excluding carboxylic acids is 1. The summed E-state index contributed by atoms with van der Waals surface area (Å²) in [7, 11) is 0. The average molecular weight is 724 g/mol. The molecule has 1 atom stereocenters. The van der Waals surface area contributed by atoms with E-state index in [9.17, 15) is 44.3 Å².